The van der Waals surface area contributed by atoms with Gasteiger partial charge in [-0.25, -0.2) is 0 Å². The molecular weight excluding hydrogens is 444 g/mol. The first-order valence-electron chi connectivity index (χ1n) is 12.7. The predicted octanol–water partition coefficient (Wildman–Crippen LogP) is 3.21. The molecule has 3 saturated carbocycles. The maximum Gasteiger partial charge on any atom is 0.325 e. The lowest BCUT2D eigenvalue weighted by Crippen LogP contribution is -2.45. The molecule has 0 atom stereocenters. The second kappa shape index (κ2) is 9.49. The summed E-state index contributed by atoms with van der Waals surface area (Å²) in [6.07, 6.45) is 12.7. The van der Waals surface area contributed by atoms with E-state index in [1.807, 2.05) is 19.2 Å². The van der Waals surface area contributed by atoms with E-state index in [0.29, 0.717) is 41.2 Å². The Labute approximate surface area is 205 Å². The van der Waals surface area contributed by atoms with Gasteiger partial charge in [0.05, 0.1) is 23.6 Å². The Bertz CT molecular complexity index is 1100. The molecule has 3 fully saturated rings. The lowest BCUT2D eigenvalue weighted by molar-refractivity contribution is -0.910. The first kappa shape index (κ1) is 23.6. The van der Waals surface area contributed by atoms with Crippen molar-refractivity contribution in [3.8, 4) is 0 Å². The van der Waals surface area contributed by atoms with Crippen LogP contribution in [0.2, 0.25) is 0 Å². The van der Waals surface area contributed by atoms with Crippen molar-refractivity contribution in [3.63, 3.8) is 0 Å². The normalized spacial score (nSPS) is 27.8. The molecular formula is C27H35N4O4+. The molecule has 5 N–H and O–H groups in total. The van der Waals surface area contributed by atoms with Gasteiger partial charge < -0.3 is 25.9 Å². The summed E-state index contributed by atoms with van der Waals surface area (Å²) in [6, 6.07) is 5.46. The van der Waals surface area contributed by atoms with Crippen LogP contribution in [0.3, 0.4) is 0 Å². The van der Waals surface area contributed by atoms with E-state index in [4.69, 9.17) is 10.1 Å². The summed E-state index contributed by atoms with van der Waals surface area (Å²) in [5.41, 5.74) is 1.72. The highest BCUT2D eigenvalue weighted by molar-refractivity contribution is 6.10. The average Bonchev–Trinajstić information content (AvgIpc) is 3.73. The van der Waals surface area contributed by atoms with Crippen LogP contribution in [-0.2, 0) is 4.74 Å². The number of allylic oxidation sites excluding steroid dienone is 3. The topological polar surface area (TPSA) is 119 Å². The zero-order valence-electron chi connectivity index (χ0n) is 20.2. The standard InChI is InChI=1S/C27H34N4O4/c1-27(33)11-9-20(10-12-27)29-15-19-13-22(25(14-21(19)28)35-16-17-5-6-17)30-26(32)24-4-2-3-23(31(24)34)18-7-8-18/h2-4,13-15,17-18,20,28,32-34H,5-12,16H2,1H3/p+1/t20-,27-. The third-order valence-electron chi connectivity index (χ3n) is 7.33. The minimum atomic E-state index is -0.600. The second-order valence-electron chi connectivity index (χ2n) is 10.6. The monoisotopic (exact) mass is 479 g/mol. The number of pyridine rings is 1. The molecule has 0 bridgehead atoms. The number of amides is 1. The number of ether oxygens (including phenoxy) is 1. The summed E-state index contributed by atoms with van der Waals surface area (Å²) in [6.45, 7) is 2.43. The highest BCUT2D eigenvalue weighted by Gasteiger charge is 2.36. The van der Waals surface area contributed by atoms with Crippen LogP contribution in [0, 0.1) is 11.3 Å². The second-order valence-corrected chi connectivity index (χ2v) is 10.6. The van der Waals surface area contributed by atoms with Gasteiger partial charge >= 0.3 is 11.6 Å². The molecule has 4 aliphatic rings. The van der Waals surface area contributed by atoms with Crippen LogP contribution in [0.4, 0.5) is 0 Å². The summed E-state index contributed by atoms with van der Waals surface area (Å²) in [5.74, 6) is 0.851. The van der Waals surface area contributed by atoms with E-state index < -0.39 is 11.5 Å². The van der Waals surface area contributed by atoms with Gasteiger partial charge in [-0.1, -0.05) is 0 Å². The van der Waals surface area contributed by atoms with Gasteiger partial charge in [0.25, 0.3) is 0 Å². The molecule has 0 aliphatic heterocycles. The van der Waals surface area contributed by atoms with E-state index >= 15 is 0 Å². The van der Waals surface area contributed by atoms with Crippen LogP contribution in [0.5, 0.6) is 0 Å². The Morgan fingerprint density at radius 2 is 1.94 bits per heavy atom. The van der Waals surface area contributed by atoms with Gasteiger partial charge in [0.15, 0.2) is 0 Å². The zero-order valence-corrected chi connectivity index (χ0v) is 20.2. The van der Waals surface area contributed by atoms with Gasteiger partial charge in [0, 0.05) is 46.7 Å². The number of carbonyl (C=O) groups excluding carboxylic acids is 1. The molecule has 1 heterocycles. The third kappa shape index (κ3) is 5.75. The Kier molecular flexibility index (Phi) is 6.40. The molecule has 4 aliphatic carbocycles. The van der Waals surface area contributed by atoms with Gasteiger partial charge in [0.1, 0.15) is 5.76 Å². The van der Waals surface area contributed by atoms with Crippen LogP contribution >= 0.6 is 0 Å². The van der Waals surface area contributed by atoms with E-state index in [0.717, 1.165) is 61.8 Å². The van der Waals surface area contributed by atoms with E-state index in [1.54, 1.807) is 24.3 Å². The number of nitrogens with zero attached hydrogens (tertiary/aromatic N) is 1. The Balaban J connectivity index is 1.33. The van der Waals surface area contributed by atoms with Crippen molar-refractivity contribution >= 4 is 11.6 Å². The Hall–Kier alpha value is -3.13. The molecule has 1 aromatic heterocycles. The van der Waals surface area contributed by atoms with Crippen LogP contribution in [0.1, 0.15) is 80.4 Å². The molecule has 0 unspecified atom stereocenters. The molecule has 0 aromatic carbocycles. The van der Waals surface area contributed by atoms with Crippen molar-refractivity contribution in [1.29, 1.82) is 5.41 Å². The van der Waals surface area contributed by atoms with Crippen LogP contribution in [-0.4, -0.2) is 40.2 Å². The first-order chi connectivity index (χ1) is 16.8. The summed E-state index contributed by atoms with van der Waals surface area (Å²) in [7, 11) is 0. The molecule has 8 heteroatoms. The molecule has 35 heavy (non-hydrogen) atoms. The highest BCUT2D eigenvalue weighted by Crippen LogP contribution is 2.38. The fourth-order valence-electron chi connectivity index (χ4n) is 4.60. The summed E-state index contributed by atoms with van der Waals surface area (Å²) in [4.78, 5) is 13.2. The van der Waals surface area contributed by atoms with Crippen LogP contribution in [0.25, 0.3) is 0 Å². The number of hydrogen-bond acceptors (Lipinski definition) is 6. The Morgan fingerprint density at radius 1 is 1.20 bits per heavy atom. The van der Waals surface area contributed by atoms with Crippen molar-refractivity contribution in [2.45, 2.75) is 75.9 Å². The van der Waals surface area contributed by atoms with Gasteiger partial charge in [-0.15, -0.1) is 0 Å². The zero-order chi connectivity index (χ0) is 24.6. The quantitative estimate of drug-likeness (QED) is 0.290. The highest BCUT2D eigenvalue weighted by atomic mass is 16.5. The first-order valence-corrected chi connectivity index (χ1v) is 12.7. The number of hydrogen-bond donors (Lipinski definition) is 5. The molecule has 186 valence electrons. The third-order valence-corrected chi connectivity index (χ3v) is 7.33. The molecule has 1 aromatic rings. The van der Waals surface area contributed by atoms with Crippen LogP contribution < -0.4 is 15.4 Å². The molecule has 0 spiro atoms. The number of nitrogens with one attached hydrogen (secondary N) is 3. The van der Waals surface area contributed by atoms with Gasteiger partial charge in [0.2, 0.25) is 5.69 Å². The van der Waals surface area contributed by atoms with E-state index in [2.05, 4.69) is 10.6 Å². The van der Waals surface area contributed by atoms with Crippen molar-refractivity contribution in [2.24, 2.45) is 5.92 Å². The molecule has 0 saturated heterocycles. The SMILES string of the molecule is C[C@]1(O)CC[C@H](N/C=C2/C=C(NC(=O)c3cccc(C4CC4)[n+]3O)C(OCC3CC3)=CC2=N)CC1. The summed E-state index contributed by atoms with van der Waals surface area (Å²) < 4.78 is 6.98. The maximum absolute atomic E-state index is 13.2. The summed E-state index contributed by atoms with van der Waals surface area (Å²) in [5, 5.41) is 35.6. The number of rotatable bonds is 8. The number of aliphatic hydroxyl groups is 1. The minimum Gasteiger partial charge on any atom is -0.491 e. The van der Waals surface area contributed by atoms with Gasteiger partial charge in [-0.3, -0.25) is 10.0 Å². The summed E-state index contributed by atoms with van der Waals surface area (Å²) >= 11 is 0. The number of carbonyl (C=O) groups is 1. The molecule has 0 radical (unpaired) electrons. The van der Waals surface area contributed by atoms with E-state index in [1.165, 1.54) is 0 Å². The van der Waals surface area contributed by atoms with Gasteiger partial charge in [-0.2, -0.15) is 0 Å². The fraction of sp³-hybridized carbons (Fsp3) is 0.519. The van der Waals surface area contributed by atoms with Gasteiger partial charge in [-0.05, 0) is 76.4 Å². The van der Waals surface area contributed by atoms with Crippen LogP contribution in [0.15, 0.2) is 53.6 Å². The lowest BCUT2D eigenvalue weighted by Gasteiger charge is -2.33. The minimum absolute atomic E-state index is 0.162. The van der Waals surface area contributed by atoms with Crippen molar-refractivity contribution in [2.75, 3.05) is 6.61 Å². The smallest absolute Gasteiger partial charge is 0.325 e. The Morgan fingerprint density at radius 3 is 2.63 bits per heavy atom. The molecule has 8 nitrogen and oxygen atoms in total. The van der Waals surface area contributed by atoms with Crippen molar-refractivity contribution in [3.05, 3.63) is 65.0 Å². The maximum atomic E-state index is 13.2. The van der Waals surface area contributed by atoms with E-state index in [9.17, 15) is 15.1 Å². The molecule has 5 rings (SSSR count). The predicted molar refractivity (Wildman–Crippen MR) is 130 cm³/mol. The largest absolute Gasteiger partial charge is 0.491 e. The van der Waals surface area contributed by atoms with E-state index in [-0.39, 0.29) is 11.7 Å². The fourth-order valence-corrected chi connectivity index (χ4v) is 4.60. The number of aromatic nitrogens is 1. The van der Waals surface area contributed by atoms with Crippen molar-refractivity contribution in [1.82, 2.24) is 10.6 Å². The average molecular weight is 480 g/mol. The lowest BCUT2D eigenvalue weighted by atomic mass is 9.84. The molecule has 1 amide bonds. The van der Waals surface area contributed by atoms with Crippen molar-refractivity contribution < 1.29 is 24.6 Å².